The monoisotopic (exact) mass is 124 g/mol. The van der Waals surface area contributed by atoms with Crippen LogP contribution in [0.25, 0.3) is 0 Å². The van der Waals surface area contributed by atoms with Crippen LogP contribution in [-0.2, 0) is 4.79 Å². The van der Waals surface area contributed by atoms with E-state index in [9.17, 15) is 0 Å². The van der Waals surface area contributed by atoms with Gasteiger partial charge in [-0.05, 0) is 6.29 Å². The third-order valence-electron chi connectivity index (χ3n) is 0.408. The smallest absolute Gasteiger partial charge is 0.343 e. The van der Waals surface area contributed by atoms with Gasteiger partial charge in [-0.15, -0.1) is 0 Å². The average molecular weight is 124 g/mol. The molecule has 0 saturated carbocycles. The van der Waals surface area contributed by atoms with Gasteiger partial charge in [-0.1, -0.05) is 6.92 Å². The van der Waals surface area contributed by atoms with E-state index >= 15 is 0 Å². The summed E-state index contributed by atoms with van der Waals surface area (Å²) in [6.45, 7) is 6.99. The van der Waals surface area contributed by atoms with Crippen molar-refractivity contribution < 1.29 is 4.79 Å². The summed E-state index contributed by atoms with van der Waals surface area (Å²) >= 11 is 0. The van der Waals surface area contributed by atoms with Crippen LogP contribution in [0.5, 0.6) is 0 Å². The maximum atomic E-state index is 8.69. The second-order valence-electron chi connectivity index (χ2n) is 0.983. The molecule has 0 rings (SSSR count). The van der Waals surface area contributed by atoms with Crippen LogP contribution in [0.3, 0.4) is 0 Å². The molecule has 44 valence electrons. The van der Waals surface area contributed by atoms with E-state index in [2.05, 4.69) is 27.2 Å². The molecule has 0 heterocycles. The molecule has 0 amide bonds. The number of carbonyl (C=O) groups is 1. The third-order valence-corrected chi connectivity index (χ3v) is 0.408. The molecule has 0 N–H and O–H groups in total. The van der Waals surface area contributed by atoms with Crippen LogP contribution in [0.1, 0.15) is 20.3 Å². The molecule has 0 spiro atoms. The van der Waals surface area contributed by atoms with E-state index < -0.39 is 0 Å². The van der Waals surface area contributed by atoms with Gasteiger partial charge in [0.25, 0.3) is 0 Å². The topological polar surface area (TPSA) is 17.1 Å². The number of unbranched alkanes of at least 4 members (excludes halogenated alkanes) is 1. The van der Waals surface area contributed by atoms with Gasteiger partial charge in [0.05, 0.1) is 0 Å². The van der Waals surface area contributed by atoms with Crippen molar-refractivity contribution in [1.82, 2.24) is 0 Å². The first-order valence-electron chi connectivity index (χ1n) is 2.34. The summed E-state index contributed by atoms with van der Waals surface area (Å²) in [6.07, 6.45) is 3.82. The predicted octanol–water partition coefficient (Wildman–Crippen LogP) is 1.26. The van der Waals surface area contributed by atoms with Crippen LogP contribution < -0.4 is 0 Å². The molecule has 0 aliphatic rings. The normalized spacial score (nSPS) is 5.25. The molecule has 0 fully saturated rings. The van der Waals surface area contributed by atoms with Gasteiger partial charge in [-0.2, -0.15) is 13.3 Å². The molecular weight excluding hydrogens is 112 g/mol. The van der Waals surface area contributed by atoms with Crippen LogP contribution in [0, 0.1) is 13.3 Å². The zero-order chi connectivity index (χ0) is 6.12. The quantitative estimate of drug-likeness (QED) is 0.292. The first kappa shape index (κ1) is 15.7. The van der Waals surface area contributed by atoms with Crippen LogP contribution in [0.2, 0.25) is 0 Å². The van der Waals surface area contributed by atoms with E-state index in [1.54, 1.807) is 0 Å². The molecule has 0 aromatic heterocycles. The Bertz CT molecular complexity index is 27.7. The second-order valence-corrected chi connectivity index (χ2v) is 0.983. The summed E-state index contributed by atoms with van der Waals surface area (Å²) in [5.41, 5.74) is 0. The standard InChI is InChI=1S/C4H9.C2H3O.Mg/c1-3-4-2;1-2-3;/h3H,4H2,1-2H3;2H,1H2;/q2*-1;+2. The molecule has 0 bridgehead atoms. The van der Waals surface area contributed by atoms with Gasteiger partial charge in [-0.25, -0.2) is 0 Å². The molecule has 2 heteroatoms. The number of hydrogen-bond acceptors (Lipinski definition) is 1. The Morgan fingerprint density at radius 2 is 1.88 bits per heavy atom. The summed E-state index contributed by atoms with van der Waals surface area (Å²) in [5, 5.41) is 0. The fourth-order valence-electron chi connectivity index (χ4n) is 0. The zero-order valence-corrected chi connectivity index (χ0v) is 7.10. The van der Waals surface area contributed by atoms with Crippen molar-refractivity contribution in [3.05, 3.63) is 13.3 Å². The molecule has 1 nitrogen and oxygen atoms in total. The maximum absolute atomic E-state index is 8.69. The molecule has 0 aromatic carbocycles. The minimum absolute atomic E-state index is 0. The largest absolute Gasteiger partial charge is 2.00 e. The molecule has 0 unspecified atom stereocenters. The minimum Gasteiger partial charge on any atom is -0.343 e. The van der Waals surface area contributed by atoms with Gasteiger partial charge in [0.1, 0.15) is 0 Å². The van der Waals surface area contributed by atoms with E-state index in [1.165, 1.54) is 6.42 Å². The van der Waals surface area contributed by atoms with Crippen LogP contribution in [0.4, 0.5) is 0 Å². The summed E-state index contributed by atoms with van der Waals surface area (Å²) in [5.74, 6) is 0. The van der Waals surface area contributed by atoms with E-state index in [1.807, 2.05) is 0 Å². The Morgan fingerprint density at radius 3 is 1.88 bits per heavy atom. The number of rotatable bonds is 1. The van der Waals surface area contributed by atoms with Crippen molar-refractivity contribution in [1.29, 1.82) is 0 Å². The van der Waals surface area contributed by atoms with E-state index in [0.29, 0.717) is 6.29 Å². The van der Waals surface area contributed by atoms with Crippen molar-refractivity contribution in [3.63, 3.8) is 0 Å². The van der Waals surface area contributed by atoms with Crippen molar-refractivity contribution >= 4 is 29.3 Å². The van der Waals surface area contributed by atoms with E-state index in [4.69, 9.17) is 4.79 Å². The molecule has 0 radical (unpaired) electrons. The third kappa shape index (κ3) is 104. The van der Waals surface area contributed by atoms with Gasteiger partial charge in [0.15, 0.2) is 0 Å². The Balaban J connectivity index is -0.0000000575. The summed E-state index contributed by atoms with van der Waals surface area (Å²) in [7, 11) is 0. The predicted molar refractivity (Wildman–Crippen MR) is 37.4 cm³/mol. The maximum Gasteiger partial charge on any atom is 2.00 e. The summed E-state index contributed by atoms with van der Waals surface area (Å²) in [4.78, 5) is 8.69. The molecule has 0 aliphatic carbocycles. The van der Waals surface area contributed by atoms with Crippen LogP contribution in [0.15, 0.2) is 0 Å². The van der Waals surface area contributed by atoms with Gasteiger partial charge in [0.2, 0.25) is 0 Å². The molecule has 0 saturated heterocycles. The van der Waals surface area contributed by atoms with Gasteiger partial charge < -0.3 is 18.1 Å². The first-order chi connectivity index (χ1) is 3.33. The zero-order valence-electron chi connectivity index (χ0n) is 5.68. The van der Waals surface area contributed by atoms with Gasteiger partial charge in [0, 0.05) is 0 Å². The second kappa shape index (κ2) is 26.6. The summed E-state index contributed by atoms with van der Waals surface area (Å²) < 4.78 is 0. The number of aldehydes is 1. The SMILES string of the molecule is C[CH-]CC.[CH2-]C=O.[Mg+2]. The fraction of sp³-hybridized carbons (Fsp3) is 0.500. The van der Waals surface area contributed by atoms with Crippen molar-refractivity contribution in [2.24, 2.45) is 0 Å². The van der Waals surface area contributed by atoms with Crippen molar-refractivity contribution in [3.8, 4) is 0 Å². The van der Waals surface area contributed by atoms with Crippen LogP contribution >= 0.6 is 0 Å². The molecule has 0 atom stereocenters. The van der Waals surface area contributed by atoms with Crippen molar-refractivity contribution in [2.45, 2.75) is 20.3 Å². The molecule has 0 aromatic rings. The van der Waals surface area contributed by atoms with Gasteiger partial charge >= 0.3 is 23.1 Å². The number of hydrogen-bond donors (Lipinski definition) is 0. The van der Waals surface area contributed by atoms with Gasteiger partial charge in [-0.3, -0.25) is 0 Å². The average Bonchev–Trinajstić information content (AvgIpc) is 1.69. The van der Waals surface area contributed by atoms with E-state index in [0.717, 1.165) is 0 Å². The Hall–Kier alpha value is 0.306. The summed E-state index contributed by atoms with van der Waals surface area (Å²) in [6, 6.07) is 0. The van der Waals surface area contributed by atoms with E-state index in [-0.39, 0.29) is 23.1 Å². The number of carbonyl (C=O) groups excluding carboxylic acids is 1. The Morgan fingerprint density at radius 1 is 1.75 bits per heavy atom. The first-order valence-corrected chi connectivity index (χ1v) is 2.34. The molecular formula is C6H12MgO. The fourth-order valence-corrected chi connectivity index (χ4v) is 0. The molecule has 8 heavy (non-hydrogen) atoms. The van der Waals surface area contributed by atoms with Crippen LogP contribution in [-0.4, -0.2) is 29.3 Å². The van der Waals surface area contributed by atoms with Crippen molar-refractivity contribution in [2.75, 3.05) is 0 Å². The Kier molecular flexibility index (Phi) is 52.3. The minimum atomic E-state index is 0. The Labute approximate surface area is 68.0 Å². The molecule has 0 aliphatic heterocycles.